The van der Waals surface area contributed by atoms with Crippen LogP contribution in [0.5, 0.6) is 0 Å². The summed E-state index contributed by atoms with van der Waals surface area (Å²) in [6.45, 7) is 0.893. The highest BCUT2D eigenvalue weighted by atomic mass is 19.3. The van der Waals surface area contributed by atoms with E-state index in [1.54, 1.807) is 23.0 Å². The highest BCUT2D eigenvalue weighted by Gasteiger charge is 2.24. The summed E-state index contributed by atoms with van der Waals surface area (Å²) in [5, 5.41) is 9.35. The molecule has 0 bridgehead atoms. The molecule has 0 spiro atoms. The SMILES string of the molecule is CN(C)c1ccc2c(Cc3cccc(C(C)(F)F)c3)noc2c1C#Cc1cnc2cccnn12. The number of imidazole rings is 1. The molecular weight excluding hydrogens is 436 g/mol. The first-order chi connectivity index (χ1) is 16.3. The average molecular weight is 457 g/mol. The van der Waals surface area contributed by atoms with Crippen LogP contribution >= 0.6 is 0 Å². The van der Waals surface area contributed by atoms with Gasteiger partial charge in [0.25, 0.3) is 5.92 Å². The summed E-state index contributed by atoms with van der Waals surface area (Å²) in [5.41, 5.74) is 4.83. The third kappa shape index (κ3) is 3.97. The summed E-state index contributed by atoms with van der Waals surface area (Å²) < 4.78 is 35.0. The van der Waals surface area contributed by atoms with Gasteiger partial charge in [-0.1, -0.05) is 29.3 Å². The normalized spacial score (nSPS) is 11.6. The number of hydrogen-bond donors (Lipinski definition) is 0. The number of nitrogens with zero attached hydrogens (tertiary/aromatic N) is 5. The second kappa shape index (κ2) is 8.27. The standard InChI is InChI=1S/C26H21F2N5O/c1-26(27,28)18-7-4-6-17(14-18)15-22-20-11-12-23(32(2)3)21(25(20)34-31-22)10-9-19-16-29-24-8-5-13-30-33(19)24/h4-8,11-14,16H,15H2,1-3H3. The molecule has 0 saturated heterocycles. The van der Waals surface area contributed by atoms with Gasteiger partial charge in [-0.2, -0.15) is 5.10 Å². The molecule has 5 aromatic rings. The number of fused-ring (bicyclic) bond motifs is 2. The molecule has 0 aliphatic carbocycles. The van der Waals surface area contributed by atoms with Crippen LogP contribution in [0, 0.1) is 11.8 Å². The van der Waals surface area contributed by atoms with Gasteiger partial charge >= 0.3 is 0 Å². The first-order valence-corrected chi connectivity index (χ1v) is 10.7. The van der Waals surface area contributed by atoms with E-state index in [1.807, 2.05) is 49.3 Å². The van der Waals surface area contributed by atoms with E-state index in [9.17, 15) is 8.78 Å². The van der Waals surface area contributed by atoms with Gasteiger partial charge in [-0.05, 0) is 41.8 Å². The Balaban J connectivity index is 1.58. The van der Waals surface area contributed by atoms with Gasteiger partial charge in [-0.15, -0.1) is 0 Å². The molecule has 34 heavy (non-hydrogen) atoms. The second-order valence-electron chi connectivity index (χ2n) is 8.31. The molecule has 0 atom stereocenters. The van der Waals surface area contributed by atoms with Gasteiger partial charge in [0.1, 0.15) is 5.69 Å². The molecule has 170 valence electrons. The summed E-state index contributed by atoms with van der Waals surface area (Å²) in [4.78, 5) is 6.27. The van der Waals surface area contributed by atoms with Crippen molar-refractivity contribution in [2.24, 2.45) is 0 Å². The monoisotopic (exact) mass is 457 g/mol. The summed E-state index contributed by atoms with van der Waals surface area (Å²) in [6, 6.07) is 13.9. The lowest BCUT2D eigenvalue weighted by Crippen LogP contribution is -2.10. The molecule has 3 aromatic heterocycles. The van der Waals surface area contributed by atoms with E-state index >= 15 is 0 Å². The van der Waals surface area contributed by atoms with E-state index in [0.717, 1.165) is 23.6 Å². The molecule has 0 fully saturated rings. The summed E-state index contributed by atoms with van der Waals surface area (Å²) in [5.74, 6) is 3.45. The van der Waals surface area contributed by atoms with Gasteiger partial charge in [0, 0.05) is 44.6 Å². The van der Waals surface area contributed by atoms with E-state index in [1.165, 1.54) is 12.1 Å². The Morgan fingerprint density at radius 3 is 2.74 bits per heavy atom. The molecular formula is C26H21F2N5O. The van der Waals surface area contributed by atoms with Gasteiger partial charge < -0.3 is 9.42 Å². The van der Waals surface area contributed by atoms with Crippen molar-refractivity contribution >= 4 is 22.3 Å². The molecule has 3 heterocycles. The van der Waals surface area contributed by atoms with E-state index in [4.69, 9.17) is 4.52 Å². The van der Waals surface area contributed by atoms with Crippen molar-refractivity contribution in [3.05, 3.63) is 89.0 Å². The zero-order valence-corrected chi connectivity index (χ0v) is 18.9. The van der Waals surface area contributed by atoms with Crippen LogP contribution in [0.3, 0.4) is 0 Å². The molecule has 0 radical (unpaired) electrons. The van der Waals surface area contributed by atoms with Gasteiger partial charge in [0.2, 0.25) is 0 Å². The van der Waals surface area contributed by atoms with Gasteiger partial charge in [-0.3, -0.25) is 0 Å². The quantitative estimate of drug-likeness (QED) is 0.354. The number of aromatic nitrogens is 4. The molecule has 0 amide bonds. The molecule has 8 heteroatoms. The second-order valence-corrected chi connectivity index (χ2v) is 8.31. The number of hydrogen-bond acceptors (Lipinski definition) is 5. The Morgan fingerprint density at radius 2 is 1.94 bits per heavy atom. The first kappa shape index (κ1) is 21.6. The fourth-order valence-electron chi connectivity index (χ4n) is 3.85. The topological polar surface area (TPSA) is 59.5 Å². The van der Waals surface area contributed by atoms with Crippen LogP contribution in [0.25, 0.3) is 16.6 Å². The van der Waals surface area contributed by atoms with E-state index in [2.05, 4.69) is 27.1 Å². The van der Waals surface area contributed by atoms with Crippen LogP contribution in [-0.4, -0.2) is 33.9 Å². The summed E-state index contributed by atoms with van der Waals surface area (Å²) >= 11 is 0. The Morgan fingerprint density at radius 1 is 1.09 bits per heavy atom. The Hall–Kier alpha value is -4.25. The fraction of sp³-hybridized carbons (Fsp3) is 0.192. The van der Waals surface area contributed by atoms with Crippen molar-refractivity contribution in [1.82, 2.24) is 19.8 Å². The van der Waals surface area contributed by atoms with Crippen LogP contribution in [0.2, 0.25) is 0 Å². The number of alkyl halides is 2. The highest BCUT2D eigenvalue weighted by molar-refractivity contribution is 5.90. The lowest BCUT2D eigenvalue weighted by molar-refractivity contribution is 0.0174. The summed E-state index contributed by atoms with van der Waals surface area (Å²) in [6.07, 6.45) is 3.72. The number of rotatable bonds is 4. The minimum Gasteiger partial charge on any atom is -0.377 e. The first-order valence-electron chi connectivity index (χ1n) is 10.7. The Kier molecular flexibility index (Phi) is 5.25. The fourth-order valence-corrected chi connectivity index (χ4v) is 3.85. The van der Waals surface area contributed by atoms with E-state index in [-0.39, 0.29) is 5.56 Å². The molecule has 5 rings (SSSR count). The number of benzene rings is 2. The predicted molar refractivity (Wildman–Crippen MR) is 126 cm³/mol. The highest BCUT2D eigenvalue weighted by Crippen LogP contribution is 2.32. The van der Waals surface area contributed by atoms with Crippen LogP contribution in [-0.2, 0) is 12.3 Å². The number of halogens is 2. The minimum absolute atomic E-state index is 0.0270. The minimum atomic E-state index is -2.90. The van der Waals surface area contributed by atoms with Crippen molar-refractivity contribution < 1.29 is 13.3 Å². The largest absolute Gasteiger partial charge is 0.377 e. The molecule has 0 unspecified atom stereocenters. The molecule has 0 aliphatic heterocycles. The van der Waals surface area contributed by atoms with Crippen LogP contribution < -0.4 is 4.90 Å². The van der Waals surface area contributed by atoms with Crippen LogP contribution in [0.15, 0.2) is 65.4 Å². The van der Waals surface area contributed by atoms with Crippen molar-refractivity contribution in [2.45, 2.75) is 19.3 Å². The molecule has 0 aliphatic rings. The van der Waals surface area contributed by atoms with Crippen molar-refractivity contribution in [3.8, 4) is 11.8 Å². The zero-order chi connectivity index (χ0) is 23.9. The maximum atomic E-state index is 13.8. The third-order valence-corrected chi connectivity index (χ3v) is 5.57. The van der Waals surface area contributed by atoms with Gasteiger partial charge in [0.05, 0.1) is 23.1 Å². The Bertz CT molecular complexity index is 1570. The molecule has 2 aromatic carbocycles. The smallest absolute Gasteiger partial charge is 0.270 e. The molecule has 6 nitrogen and oxygen atoms in total. The van der Waals surface area contributed by atoms with E-state index in [0.29, 0.717) is 34.6 Å². The van der Waals surface area contributed by atoms with Crippen molar-refractivity contribution in [2.75, 3.05) is 19.0 Å². The Labute approximate surface area is 194 Å². The van der Waals surface area contributed by atoms with E-state index < -0.39 is 5.92 Å². The maximum absolute atomic E-state index is 13.8. The van der Waals surface area contributed by atoms with Gasteiger partial charge in [0.15, 0.2) is 11.2 Å². The number of anilines is 1. The van der Waals surface area contributed by atoms with Crippen LogP contribution in [0.1, 0.15) is 35.0 Å². The third-order valence-electron chi connectivity index (χ3n) is 5.57. The lowest BCUT2D eigenvalue weighted by atomic mass is 10.0. The summed E-state index contributed by atoms with van der Waals surface area (Å²) in [7, 11) is 3.85. The van der Waals surface area contributed by atoms with Crippen LogP contribution in [0.4, 0.5) is 14.5 Å². The molecule has 0 saturated carbocycles. The van der Waals surface area contributed by atoms with Crippen molar-refractivity contribution in [3.63, 3.8) is 0 Å². The van der Waals surface area contributed by atoms with Crippen molar-refractivity contribution in [1.29, 1.82) is 0 Å². The van der Waals surface area contributed by atoms with Gasteiger partial charge in [-0.25, -0.2) is 18.3 Å². The average Bonchev–Trinajstić information content (AvgIpc) is 3.41. The molecule has 0 N–H and O–H groups in total. The lowest BCUT2D eigenvalue weighted by Gasteiger charge is -2.14. The zero-order valence-electron chi connectivity index (χ0n) is 18.9. The predicted octanol–water partition coefficient (Wildman–Crippen LogP) is 5.04. The maximum Gasteiger partial charge on any atom is 0.270 e.